The highest BCUT2D eigenvalue weighted by molar-refractivity contribution is 6.02. The van der Waals surface area contributed by atoms with Crippen LogP contribution in [0.2, 0.25) is 0 Å². The number of nitrogens with one attached hydrogen (secondary N) is 1. The normalized spacial score (nSPS) is 32.3. The van der Waals surface area contributed by atoms with Gasteiger partial charge in [-0.1, -0.05) is 6.08 Å². The van der Waals surface area contributed by atoms with Crippen LogP contribution in [0.1, 0.15) is 33.6 Å². The van der Waals surface area contributed by atoms with Gasteiger partial charge in [0.05, 0.1) is 0 Å². The number of rotatable bonds is 3. The number of hydrogen-bond acceptors (Lipinski definition) is 2. The third-order valence-electron chi connectivity index (χ3n) is 4.00. The standard InChI is InChI=1S/C13H20N2O2/c1-5-8-15-11(17)13(4,9-6-7-9)14-10(16)12(15,2)3/h5,9H,1,6-8H2,2-4H3,(H,14,16). The highest BCUT2D eigenvalue weighted by Crippen LogP contribution is 2.43. The van der Waals surface area contributed by atoms with Crippen molar-refractivity contribution in [1.29, 1.82) is 0 Å². The van der Waals surface area contributed by atoms with Gasteiger partial charge in [0, 0.05) is 6.54 Å². The fourth-order valence-electron chi connectivity index (χ4n) is 2.48. The molecule has 0 radical (unpaired) electrons. The molecule has 1 saturated heterocycles. The summed E-state index contributed by atoms with van der Waals surface area (Å²) < 4.78 is 0. The van der Waals surface area contributed by atoms with E-state index >= 15 is 0 Å². The molecule has 4 nitrogen and oxygen atoms in total. The second-order valence-corrected chi connectivity index (χ2v) is 5.69. The highest BCUT2D eigenvalue weighted by atomic mass is 16.2. The zero-order valence-electron chi connectivity index (χ0n) is 10.7. The molecule has 2 aliphatic rings. The van der Waals surface area contributed by atoms with Crippen LogP contribution in [0.4, 0.5) is 0 Å². The van der Waals surface area contributed by atoms with Crippen LogP contribution in [0.25, 0.3) is 0 Å². The smallest absolute Gasteiger partial charge is 0.249 e. The Morgan fingerprint density at radius 1 is 1.41 bits per heavy atom. The van der Waals surface area contributed by atoms with Gasteiger partial charge >= 0.3 is 0 Å². The molecule has 1 unspecified atom stereocenters. The van der Waals surface area contributed by atoms with Crippen LogP contribution in [0.15, 0.2) is 12.7 Å². The first-order chi connectivity index (χ1) is 7.84. The third kappa shape index (κ3) is 1.66. The molecular formula is C13H20N2O2. The van der Waals surface area contributed by atoms with Gasteiger partial charge in [-0.2, -0.15) is 0 Å². The van der Waals surface area contributed by atoms with Crippen molar-refractivity contribution in [2.45, 2.75) is 44.7 Å². The van der Waals surface area contributed by atoms with Crippen LogP contribution in [-0.4, -0.2) is 34.3 Å². The number of carbonyl (C=O) groups is 2. The molecule has 1 aliphatic heterocycles. The van der Waals surface area contributed by atoms with Gasteiger partial charge in [0.2, 0.25) is 11.8 Å². The number of amides is 2. The zero-order chi connectivity index (χ0) is 12.8. The Morgan fingerprint density at radius 2 is 2.00 bits per heavy atom. The number of hydrogen-bond donors (Lipinski definition) is 1. The van der Waals surface area contributed by atoms with E-state index in [9.17, 15) is 9.59 Å². The Kier molecular flexibility index (Phi) is 2.56. The molecule has 2 fully saturated rings. The molecule has 0 spiro atoms. The van der Waals surface area contributed by atoms with E-state index < -0.39 is 11.1 Å². The average molecular weight is 236 g/mol. The minimum atomic E-state index is -0.792. The van der Waals surface area contributed by atoms with Gasteiger partial charge in [-0.25, -0.2) is 0 Å². The summed E-state index contributed by atoms with van der Waals surface area (Å²) >= 11 is 0. The molecule has 17 heavy (non-hydrogen) atoms. The number of carbonyl (C=O) groups excluding carboxylic acids is 2. The van der Waals surface area contributed by atoms with Crippen LogP contribution in [0.3, 0.4) is 0 Å². The first kappa shape index (κ1) is 12.1. The summed E-state index contributed by atoms with van der Waals surface area (Å²) in [5, 5.41) is 2.92. The molecule has 0 aromatic heterocycles. The summed E-state index contributed by atoms with van der Waals surface area (Å²) in [7, 11) is 0. The maximum atomic E-state index is 12.5. The van der Waals surface area contributed by atoms with Crippen molar-refractivity contribution in [3.05, 3.63) is 12.7 Å². The van der Waals surface area contributed by atoms with Crippen molar-refractivity contribution in [3.63, 3.8) is 0 Å². The van der Waals surface area contributed by atoms with E-state index in [0.717, 1.165) is 12.8 Å². The largest absolute Gasteiger partial charge is 0.340 e. The van der Waals surface area contributed by atoms with Crippen molar-refractivity contribution in [3.8, 4) is 0 Å². The second-order valence-electron chi connectivity index (χ2n) is 5.69. The minimum absolute atomic E-state index is 0.0181. The van der Waals surface area contributed by atoms with E-state index in [2.05, 4.69) is 11.9 Å². The molecule has 1 N–H and O–H groups in total. The van der Waals surface area contributed by atoms with E-state index in [1.54, 1.807) is 24.8 Å². The summed E-state index contributed by atoms with van der Waals surface area (Å²) in [5.41, 5.74) is -1.50. The van der Waals surface area contributed by atoms with Gasteiger partial charge in [-0.05, 0) is 39.5 Å². The van der Waals surface area contributed by atoms with Crippen LogP contribution in [0.5, 0.6) is 0 Å². The molecule has 1 saturated carbocycles. The lowest BCUT2D eigenvalue weighted by atomic mass is 9.85. The van der Waals surface area contributed by atoms with E-state index in [0.29, 0.717) is 12.5 Å². The monoisotopic (exact) mass is 236 g/mol. The van der Waals surface area contributed by atoms with Gasteiger partial charge in [-0.15, -0.1) is 6.58 Å². The van der Waals surface area contributed by atoms with Crippen LogP contribution >= 0.6 is 0 Å². The molecule has 0 aromatic rings. The maximum absolute atomic E-state index is 12.5. The quantitative estimate of drug-likeness (QED) is 0.745. The van der Waals surface area contributed by atoms with Crippen LogP contribution in [-0.2, 0) is 9.59 Å². The lowest BCUT2D eigenvalue weighted by molar-refractivity contribution is -0.160. The van der Waals surface area contributed by atoms with Gasteiger partial charge in [0.15, 0.2) is 0 Å². The molecular weight excluding hydrogens is 216 g/mol. The maximum Gasteiger partial charge on any atom is 0.249 e. The first-order valence-electron chi connectivity index (χ1n) is 6.09. The number of nitrogens with zero attached hydrogens (tertiary/aromatic N) is 1. The Hall–Kier alpha value is -1.32. The number of piperazine rings is 1. The highest BCUT2D eigenvalue weighted by Gasteiger charge is 2.57. The lowest BCUT2D eigenvalue weighted by Crippen LogP contribution is -2.73. The third-order valence-corrected chi connectivity index (χ3v) is 4.00. The summed E-state index contributed by atoms with van der Waals surface area (Å²) in [6.07, 6.45) is 3.71. The zero-order valence-corrected chi connectivity index (χ0v) is 10.7. The second kappa shape index (κ2) is 3.59. The molecule has 2 rings (SSSR count). The topological polar surface area (TPSA) is 49.4 Å². The van der Waals surface area contributed by atoms with Gasteiger partial charge < -0.3 is 10.2 Å². The predicted molar refractivity (Wildman–Crippen MR) is 65.3 cm³/mol. The van der Waals surface area contributed by atoms with Crippen molar-refractivity contribution in [2.75, 3.05) is 6.54 Å². The molecule has 0 bridgehead atoms. The predicted octanol–water partition coefficient (Wildman–Crippen LogP) is 1.08. The fourth-order valence-corrected chi connectivity index (χ4v) is 2.48. The Morgan fingerprint density at radius 3 is 2.47 bits per heavy atom. The lowest BCUT2D eigenvalue weighted by Gasteiger charge is -2.48. The van der Waals surface area contributed by atoms with Gasteiger partial charge in [0.25, 0.3) is 0 Å². The summed E-state index contributed by atoms with van der Waals surface area (Å²) in [4.78, 5) is 26.3. The summed E-state index contributed by atoms with van der Waals surface area (Å²) in [6.45, 7) is 9.47. The Balaban J connectivity index is 2.36. The molecule has 0 aromatic carbocycles. The SMILES string of the molecule is C=CCN1C(=O)C(C)(C2CC2)NC(=O)C1(C)C. The minimum Gasteiger partial charge on any atom is -0.340 e. The molecule has 1 aliphatic carbocycles. The van der Waals surface area contributed by atoms with E-state index in [4.69, 9.17) is 0 Å². The fraction of sp³-hybridized carbons (Fsp3) is 0.692. The summed E-state index contributed by atoms with van der Waals surface area (Å²) in [5.74, 6) is 0.236. The molecule has 1 heterocycles. The van der Waals surface area contributed by atoms with Crippen molar-refractivity contribution in [2.24, 2.45) is 5.92 Å². The Labute approximate surface area is 102 Å². The first-order valence-corrected chi connectivity index (χ1v) is 6.09. The molecule has 4 heteroatoms. The van der Waals surface area contributed by atoms with Crippen LogP contribution in [0, 0.1) is 5.92 Å². The van der Waals surface area contributed by atoms with Crippen molar-refractivity contribution >= 4 is 11.8 Å². The van der Waals surface area contributed by atoms with Crippen molar-refractivity contribution in [1.82, 2.24) is 10.2 Å². The van der Waals surface area contributed by atoms with Crippen LogP contribution < -0.4 is 5.32 Å². The molecule has 2 amide bonds. The van der Waals surface area contributed by atoms with E-state index in [-0.39, 0.29) is 11.8 Å². The van der Waals surface area contributed by atoms with E-state index in [1.807, 2.05) is 6.92 Å². The van der Waals surface area contributed by atoms with Gasteiger partial charge in [-0.3, -0.25) is 9.59 Å². The molecule has 94 valence electrons. The average Bonchev–Trinajstić information content (AvgIpc) is 3.06. The van der Waals surface area contributed by atoms with E-state index in [1.165, 1.54) is 0 Å². The van der Waals surface area contributed by atoms with Gasteiger partial charge in [0.1, 0.15) is 11.1 Å². The van der Waals surface area contributed by atoms with Crippen molar-refractivity contribution < 1.29 is 9.59 Å². The summed E-state index contributed by atoms with van der Waals surface area (Å²) in [6, 6.07) is 0. The Bertz CT molecular complexity index is 385. The molecule has 1 atom stereocenters.